The van der Waals surface area contributed by atoms with Crippen LogP contribution in [0.3, 0.4) is 0 Å². The first-order valence-electron chi connectivity index (χ1n) is 8.31. The van der Waals surface area contributed by atoms with E-state index in [-0.39, 0.29) is 0 Å². The van der Waals surface area contributed by atoms with Gasteiger partial charge in [-0.05, 0) is 48.1 Å². The van der Waals surface area contributed by atoms with Crippen LogP contribution in [0.5, 0.6) is 0 Å². The smallest absolute Gasteiger partial charge is 0.262 e. The molecule has 0 radical (unpaired) electrons. The van der Waals surface area contributed by atoms with Crippen LogP contribution < -0.4 is 4.72 Å². The predicted octanol–water partition coefficient (Wildman–Crippen LogP) is 3.22. The Bertz CT molecular complexity index is 995. The largest absolute Gasteiger partial charge is 0.276 e. The highest BCUT2D eigenvalue weighted by atomic mass is 32.2. The lowest BCUT2D eigenvalue weighted by Crippen LogP contribution is -2.13. The number of fused-ring (bicyclic) bond motifs is 1. The Hall–Kier alpha value is -2.60. The normalized spacial score (nSPS) is 13.6. The second-order valence-electron chi connectivity index (χ2n) is 6.30. The van der Waals surface area contributed by atoms with Gasteiger partial charge < -0.3 is 0 Å². The molecule has 128 valence electrons. The van der Waals surface area contributed by atoms with E-state index in [1.165, 1.54) is 11.8 Å². The van der Waals surface area contributed by atoms with Crippen molar-refractivity contribution in [3.8, 4) is 0 Å². The third-order valence-electron chi connectivity index (χ3n) is 4.45. The van der Waals surface area contributed by atoms with Crippen LogP contribution >= 0.6 is 0 Å². The molecule has 2 aromatic carbocycles. The molecule has 4 rings (SSSR count). The van der Waals surface area contributed by atoms with Crippen LogP contribution in [-0.2, 0) is 29.4 Å². The molecule has 25 heavy (non-hydrogen) atoms. The van der Waals surface area contributed by atoms with Gasteiger partial charge in [-0.25, -0.2) is 8.42 Å². The maximum atomic E-state index is 12.6. The van der Waals surface area contributed by atoms with E-state index < -0.39 is 10.0 Å². The number of hydrogen-bond acceptors (Lipinski definition) is 3. The van der Waals surface area contributed by atoms with E-state index in [2.05, 4.69) is 9.82 Å². The molecule has 0 fully saturated rings. The highest BCUT2D eigenvalue weighted by Crippen LogP contribution is 2.25. The number of aryl methyl sites for hydroxylation is 2. The first-order valence-corrected chi connectivity index (χ1v) is 9.79. The van der Waals surface area contributed by atoms with Crippen molar-refractivity contribution >= 4 is 15.7 Å². The van der Waals surface area contributed by atoms with Gasteiger partial charge in [0.15, 0.2) is 0 Å². The average molecular weight is 353 g/mol. The first-order chi connectivity index (χ1) is 12.1. The second-order valence-corrected chi connectivity index (χ2v) is 7.98. The van der Waals surface area contributed by atoms with Gasteiger partial charge in [-0.3, -0.25) is 9.40 Å². The van der Waals surface area contributed by atoms with Gasteiger partial charge in [0.2, 0.25) is 0 Å². The van der Waals surface area contributed by atoms with E-state index >= 15 is 0 Å². The zero-order chi connectivity index (χ0) is 17.3. The summed E-state index contributed by atoms with van der Waals surface area (Å²) in [6.45, 7) is 0.599. The maximum Gasteiger partial charge on any atom is 0.262 e. The Kier molecular flexibility index (Phi) is 4.05. The summed E-state index contributed by atoms with van der Waals surface area (Å²) >= 11 is 0. The van der Waals surface area contributed by atoms with Gasteiger partial charge >= 0.3 is 0 Å². The first kappa shape index (κ1) is 15.9. The fourth-order valence-electron chi connectivity index (χ4n) is 3.20. The molecule has 0 bridgehead atoms. The van der Waals surface area contributed by atoms with Gasteiger partial charge in [0.25, 0.3) is 10.0 Å². The Labute approximate surface area is 147 Å². The molecule has 1 heterocycles. The standard InChI is InChI=1S/C19H19N3O2S/c23-25(24,19-10-9-16-7-4-8-17(16)11-19)21-18-12-20-22(14-18)13-15-5-2-1-3-6-15/h1-3,5-6,9-12,14,21H,4,7-8,13H2. The topological polar surface area (TPSA) is 64.0 Å². The third kappa shape index (κ3) is 3.44. The van der Waals surface area contributed by atoms with E-state index in [0.29, 0.717) is 17.1 Å². The highest BCUT2D eigenvalue weighted by molar-refractivity contribution is 7.92. The molecule has 1 N–H and O–H groups in total. The molecule has 0 atom stereocenters. The minimum Gasteiger partial charge on any atom is -0.276 e. The lowest BCUT2D eigenvalue weighted by atomic mass is 10.1. The van der Waals surface area contributed by atoms with Gasteiger partial charge in [0.1, 0.15) is 0 Å². The molecule has 0 saturated carbocycles. The van der Waals surface area contributed by atoms with E-state index in [9.17, 15) is 8.42 Å². The predicted molar refractivity (Wildman–Crippen MR) is 97.0 cm³/mol. The molecule has 0 spiro atoms. The van der Waals surface area contributed by atoms with E-state index in [1.54, 1.807) is 23.0 Å². The molecule has 0 saturated heterocycles. The SMILES string of the molecule is O=S(=O)(Nc1cnn(Cc2ccccc2)c1)c1ccc2c(c1)CCC2. The van der Waals surface area contributed by atoms with Crippen molar-refractivity contribution in [1.29, 1.82) is 0 Å². The van der Waals surface area contributed by atoms with E-state index in [1.807, 2.05) is 36.4 Å². The molecule has 6 heteroatoms. The number of anilines is 1. The minimum atomic E-state index is -3.60. The van der Waals surface area contributed by atoms with E-state index in [4.69, 9.17) is 0 Å². The van der Waals surface area contributed by atoms with Crippen LogP contribution in [0.4, 0.5) is 5.69 Å². The van der Waals surface area contributed by atoms with Gasteiger partial charge in [-0.2, -0.15) is 5.10 Å². The summed E-state index contributed by atoms with van der Waals surface area (Å²) in [7, 11) is -3.60. The quantitative estimate of drug-likeness (QED) is 0.766. The molecule has 1 aliphatic carbocycles. The summed E-state index contributed by atoms with van der Waals surface area (Å²) in [6, 6.07) is 15.3. The molecule has 5 nitrogen and oxygen atoms in total. The zero-order valence-corrected chi connectivity index (χ0v) is 14.5. The Morgan fingerprint density at radius 1 is 1.04 bits per heavy atom. The summed E-state index contributed by atoms with van der Waals surface area (Å²) in [4.78, 5) is 0.309. The lowest BCUT2D eigenvalue weighted by molar-refractivity contribution is 0.601. The Morgan fingerprint density at radius 3 is 2.68 bits per heavy atom. The summed E-state index contributed by atoms with van der Waals surface area (Å²) in [6.07, 6.45) is 6.33. The monoisotopic (exact) mass is 353 g/mol. The van der Waals surface area contributed by atoms with Crippen LogP contribution in [0.15, 0.2) is 65.8 Å². The number of sulfonamides is 1. The average Bonchev–Trinajstić information content (AvgIpc) is 3.24. The van der Waals surface area contributed by atoms with Crippen molar-refractivity contribution in [3.63, 3.8) is 0 Å². The molecule has 0 amide bonds. The summed E-state index contributed by atoms with van der Waals surface area (Å²) in [5.41, 5.74) is 3.98. The van der Waals surface area contributed by atoms with Crippen LogP contribution in [0.1, 0.15) is 23.1 Å². The summed E-state index contributed by atoms with van der Waals surface area (Å²) < 4.78 is 29.6. The number of rotatable bonds is 5. The molecule has 1 aromatic heterocycles. The van der Waals surface area contributed by atoms with Gasteiger partial charge in [0, 0.05) is 6.20 Å². The molecule has 0 unspecified atom stereocenters. The zero-order valence-electron chi connectivity index (χ0n) is 13.7. The second kappa shape index (κ2) is 6.37. The van der Waals surface area contributed by atoms with Crippen molar-refractivity contribution < 1.29 is 8.42 Å². The van der Waals surface area contributed by atoms with Crippen LogP contribution in [0.25, 0.3) is 0 Å². The van der Waals surface area contributed by atoms with E-state index in [0.717, 1.165) is 30.4 Å². The van der Waals surface area contributed by atoms with Crippen molar-refractivity contribution in [1.82, 2.24) is 9.78 Å². The van der Waals surface area contributed by atoms with Crippen molar-refractivity contribution in [2.24, 2.45) is 0 Å². The van der Waals surface area contributed by atoms with Gasteiger partial charge in [-0.1, -0.05) is 36.4 Å². The number of benzene rings is 2. The van der Waals surface area contributed by atoms with Crippen LogP contribution in [0.2, 0.25) is 0 Å². The molecule has 1 aliphatic rings. The van der Waals surface area contributed by atoms with Gasteiger partial charge in [-0.15, -0.1) is 0 Å². The Balaban J connectivity index is 1.51. The molecular weight excluding hydrogens is 334 g/mol. The van der Waals surface area contributed by atoms with Crippen LogP contribution in [-0.4, -0.2) is 18.2 Å². The highest BCUT2D eigenvalue weighted by Gasteiger charge is 2.19. The fourth-order valence-corrected chi connectivity index (χ4v) is 4.28. The number of aromatic nitrogens is 2. The fraction of sp³-hybridized carbons (Fsp3) is 0.211. The lowest BCUT2D eigenvalue weighted by Gasteiger charge is -2.08. The summed E-state index contributed by atoms with van der Waals surface area (Å²) in [5, 5.41) is 4.24. The maximum absolute atomic E-state index is 12.6. The third-order valence-corrected chi connectivity index (χ3v) is 5.83. The molecule has 0 aliphatic heterocycles. The summed E-state index contributed by atoms with van der Waals surface area (Å²) in [5.74, 6) is 0. The van der Waals surface area contributed by atoms with Crippen LogP contribution in [0, 0.1) is 0 Å². The Morgan fingerprint density at radius 2 is 1.84 bits per heavy atom. The molecule has 3 aromatic rings. The number of hydrogen-bond donors (Lipinski definition) is 1. The van der Waals surface area contributed by atoms with Gasteiger partial charge in [0.05, 0.1) is 23.3 Å². The molecular formula is C19H19N3O2S. The minimum absolute atomic E-state index is 0.309. The van der Waals surface area contributed by atoms with Crippen molar-refractivity contribution in [2.75, 3.05) is 4.72 Å². The van der Waals surface area contributed by atoms with Crippen molar-refractivity contribution in [2.45, 2.75) is 30.7 Å². The van der Waals surface area contributed by atoms with Crippen molar-refractivity contribution in [3.05, 3.63) is 77.6 Å². The number of nitrogens with zero attached hydrogens (tertiary/aromatic N) is 2. The number of nitrogens with one attached hydrogen (secondary N) is 1.